The Morgan fingerprint density at radius 3 is 2.33 bits per heavy atom. The first-order valence-electron chi connectivity index (χ1n) is 20.5. The third-order valence-corrected chi connectivity index (χ3v) is 13.7. The van der Waals surface area contributed by atoms with Crippen LogP contribution in [0.15, 0.2) is 61.1 Å². The van der Waals surface area contributed by atoms with Crippen LogP contribution in [-0.4, -0.2) is 125 Å². The molecule has 4 aliphatic heterocycles. The average Bonchev–Trinajstić information content (AvgIpc) is 3.50. The van der Waals surface area contributed by atoms with Crippen LogP contribution in [0.4, 0.5) is 42.1 Å². The lowest BCUT2D eigenvalue weighted by atomic mass is 10.0. The lowest BCUT2D eigenvalue weighted by Gasteiger charge is -2.43. The van der Waals surface area contributed by atoms with Gasteiger partial charge in [0.05, 0.1) is 12.8 Å². The third kappa shape index (κ3) is 9.67. The number of carbonyl (C=O) groups excluding carboxylic acids is 3. The van der Waals surface area contributed by atoms with E-state index in [0.29, 0.717) is 23.5 Å². The summed E-state index contributed by atoms with van der Waals surface area (Å²) in [5.41, 5.74) is 3.02. The van der Waals surface area contributed by atoms with Crippen molar-refractivity contribution in [2.45, 2.75) is 62.4 Å². The number of benzene rings is 2. The van der Waals surface area contributed by atoms with E-state index in [1.54, 1.807) is 0 Å². The molecule has 0 radical (unpaired) electrons. The van der Waals surface area contributed by atoms with Crippen LogP contribution in [0.5, 0.6) is 0 Å². The molecule has 3 fully saturated rings. The molecular formula is C41H47F3N12O5S2. The molecule has 3 N–H and O–H groups in total. The number of piperidine rings is 2. The lowest BCUT2D eigenvalue weighted by Crippen LogP contribution is -2.53. The van der Waals surface area contributed by atoms with Crippen molar-refractivity contribution in [1.29, 1.82) is 0 Å². The van der Waals surface area contributed by atoms with Crippen molar-refractivity contribution in [1.82, 2.24) is 40.0 Å². The summed E-state index contributed by atoms with van der Waals surface area (Å²) < 4.78 is 67.0. The molecule has 63 heavy (non-hydrogen) atoms. The van der Waals surface area contributed by atoms with Crippen LogP contribution in [0.1, 0.15) is 63.8 Å². The standard InChI is InChI=1S/C41H47F3N12O5S2/c1-52(63(2,60)61)36-32(45-13-14-46-36)23-47-35-31(41(42,43)44)22-48-40(51-35)49-26-4-6-27(7-5-26)54-15-11-28(12-16-54)55-19-17-53(18-20-55)24-25-3-8-29-30(21-25)39(62)56(38(29)59)33-9-10-34(57)50-37(33)58/h3-8,13-14,21-22,28,33,39,62H,9-12,15-20,23-24H2,1-2H3,(H,50,57,58)(H2,47,48,49,51). The van der Waals surface area contributed by atoms with E-state index in [1.165, 1.54) is 24.3 Å². The lowest BCUT2D eigenvalue weighted by molar-refractivity contribution is -0.138. The number of fused-ring (bicyclic) bond motifs is 1. The topological polar surface area (TPSA) is 189 Å². The van der Waals surface area contributed by atoms with Crippen LogP contribution >= 0.6 is 12.6 Å². The third-order valence-electron chi connectivity index (χ3n) is 12.0. The van der Waals surface area contributed by atoms with Crippen LogP contribution in [0.3, 0.4) is 0 Å². The second-order valence-corrected chi connectivity index (χ2v) is 18.5. The molecule has 2 unspecified atom stereocenters. The minimum atomic E-state index is -4.77. The van der Waals surface area contributed by atoms with E-state index in [2.05, 4.69) is 50.6 Å². The van der Waals surface area contributed by atoms with Gasteiger partial charge in [0, 0.05) is 101 Å². The first kappa shape index (κ1) is 44.0. The van der Waals surface area contributed by atoms with Gasteiger partial charge in [-0.15, -0.1) is 12.6 Å². The van der Waals surface area contributed by atoms with E-state index in [4.69, 9.17) is 12.6 Å². The molecule has 0 bridgehead atoms. The Kier molecular flexibility index (Phi) is 12.5. The van der Waals surface area contributed by atoms with Crippen LogP contribution in [-0.2, 0) is 38.9 Å². The van der Waals surface area contributed by atoms with Crippen molar-refractivity contribution in [2.24, 2.45) is 0 Å². The summed E-state index contributed by atoms with van der Waals surface area (Å²) in [6.45, 7) is 5.88. The number of piperazine rings is 1. The Bertz CT molecular complexity index is 2480. The first-order chi connectivity index (χ1) is 30.0. The van der Waals surface area contributed by atoms with E-state index in [9.17, 15) is 36.0 Å². The Morgan fingerprint density at radius 1 is 0.937 bits per heavy atom. The largest absolute Gasteiger partial charge is 0.421 e. The van der Waals surface area contributed by atoms with E-state index < -0.39 is 44.9 Å². The summed E-state index contributed by atoms with van der Waals surface area (Å²) in [4.78, 5) is 62.5. The first-order valence-corrected chi connectivity index (χ1v) is 22.9. The van der Waals surface area contributed by atoms with E-state index >= 15 is 0 Å². The number of hydrogen-bond acceptors (Lipinski definition) is 15. The normalized spacial score (nSPS) is 20.4. The predicted molar refractivity (Wildman–Crippen MR) is 232 cm³/mol. The number of anilines is 5. The number of carbonyl (C=O) groups is 3. The van der Waals surface area contributed by atoms with Gasteiger partial charge in [0.25, 0.3) is 5.91 Å². The van der Waals surface area contributed by atoms with Gasteiger partial charge in [0.1, 0.15) is 28.5 Å². The molecule has 22 heteroatoms. The Hall–Kier alpha value is -5.58. The number of nitrogens with one attached hydrogen (secondary N) is 3. The molecule has 334 valence electrons. The fourth-order valence-electron chi connectivity index (χ4n) is 8.55. The fraction of sp³-hybridized carbons (Fsp3) is 0.439. The van der Waals surface area contributed by atoms with Crippen molar-refractivity contribution in [3.8, 4) is 0 Å². The number of nitrogens with zero attached hydrogens (tertiary/aromatic N) is 9. The minimum absolute atomic E-state index is 0.0296. The summed E-state index contributed by atoms with van der Waals surface area (Å²) in [5.74, 6) is -1.64. The zero-order valence-electron chi connectivity index (χ0n) is 34.5. The van der Waals surface area contributed by atoms with Gasteiger partial charge in [-0.1, -0.05) is 12.1 Å². The summed E-state index contributed by atoms with van der Waals surface area (Å²) in [7, 11) is -2.43. The highest BCUT2D eigenvalue weighted by Crippen LogP contribution is 2.40. The molecule has 2 aromatic heterocycles. The number of amides is 3. The van der Waals surface area contributed by atoms with Gasteiger partial charge in [-0.05, 0) is 60.7 Å². The Labute approximate surface area is 367 Å². The molecule has 3 amide bonds. The van der Waals surface area contributed by atoms with Gasteiger partial charge >= 0.3 is 6.18 Å². The maximum atomic E-state index is 14.0. The van der Waals surface area contributed by atoms with Crippen LogP contribution < -0.4 is 25.2 Å². The van der Waals surface area contributed by atoms with Crippen molar-refractivity contribution in [3.63, 3.8) is 0 Å². The average molecular weight is 909 g/mol. The number of halogens is 3. The number of sulfonamides is 1. The summed E-state index contributed by atoms with van der Waals surface area (Å²) >= 11 is 4.74. The summed E-state index contributed by atoms with van der Waals surface area (Å²) in [6, 6.07) is 13.1. The molecular weight excluding hydrogens is 862 g/mol. The van der Waals surface area contributed by atoms with E-state index in [-0.39, 0.29) is 48.7 Å². The molecule has 0 saturated carbocycles. The number of rotatable bonds is 12. The number of hydrogen-bond donors (Lipinski definition) is 4. The molecule has 0 aliphatic carbocycles. The van der Waals surface area contributed by atoms with Gasteiger partial charge in [-0.25, -0.2) is 18.4 Å². The Morgan fingerprint density at radius 2 is 1.65 bits per heavy atom. The van der Waals surface area contributed by atoms with Crippen molar-refractivity contribution in [2.75, 3.05) is 72.4 Å². The highest BCUT2D eigenvalue weighted by Gasteiger charge is 2.44. The number of imide groups is 1. The van der Waals surface area contributed by atoms with Crippen LogP contribution in [0.2, 0.25) is 0 Å². The Balaban J connectivity index is 0.819. The summed E-state index contributed by atoms with van der Waals surface area (Å²) in [6.07, 6.45) is 1.98. The highest BCUT2D eigenvalue weighted by molar-refractivity contribution is 7.92. The molecule has 8 rings (SSSR count). The zero-order chi connectivity index (χ0) is 44.6. The monoisotopic (exact) mass is 908 g/mol. The number of thiol groups is 1. The predicted octanol–water partition coefficient (Wildman–Crippen LogP) is 4.01. The SMILES string of the molecule is CN(c1nccnc1CNc1nc(Nc2ccc(N3CCC(N4CCN(Cc5ccc6c(c5)C(S)N(C5CCC(=O)NC5=O)C6=O)CC4)CC3)cc2)ncc1C(F)(F)F)S(C)(=O)=O. The van der Waals surface area contributed by atoms with Crippen LogP contribution in [0.25, 0.3) is 0 Å². The molecule has 4 aromatic rings. The van der Waals surface area contributed by atoms with Crippen LogP contribution in [0, 0.1) is 0 Å². The quantitative estimate of drug-likeness (QED) is 0.118. The number of alkyl halides is 3. The fourth-order valence-corrected chi connectivity index (χ4v) is 9.50. The van der Waals surface area contributed by atoms with Gasteiger partial charge < -0.3 is 20.4 Å². The maximum Gasteiger partial charge on any atom is 0.421 e. The molecule has 2 atom stereocenters. The van der Waals surface area contributed by atoms with E-state index in [0.717, 1.165) is 86.0 Å². The minimum Gasteiger partial charge on any atom is -0.371 e. The van der Waals surface area contributed by atoms with Gasteiger partial charge in [0.15, 0.2) is 5.82 Å². The number of aromatic nitrogens is 4. The second kappa shape index (κ2) is 17.9. The highest BCUT2D eigenvalue weighted by atomic mass is 32.2. The maximum absolute atomic E-state index is 14.0. The van der Waals surface area contributed by atoms with Crippen molar-refractivity contribution in [3.05, 3.63) is 89.0 Å². The smallest absolute Gasteiger partial charge is 0.371 e. The molecule has 3 saturated heterocycles. The van der Waals surface area contributed by atoms with Crippen molar-refractivity contribution >= 4 is 69.3 Å². The summed E-state index contributed by atoms with van der Waals surface area (Å²) in [5, 5.41) is 7.41. The van der Waals surface area contributed by atoms with E-state index in [1.807, 2.05) is 42.5 Å². The molecule has 6 heterocycles. The molecule has 2 aromatic carbocycles. The zero-order valence-corrected chi connectivity index (χ0v) is 36.3. The molecule has 17 nitrogen and oxygen atoms in total. The van der Waals surface area contributed by atoms with Gasteiger partial charge in [-0.2, -0.15) is 18.2 Å². The van der Waals surface area contributed by atoms with Gasteiger partial charge in [0.2, 0.25) is 27.8 Å². The van der Waals surface area contributed by atoms with Gasteiger partial charge in [-0.3, -0.25) is 38.8 Å². The molecule has 4 aliphatic rings. The molecule has 0 spiro atoms. The van der Waals surface area contributed by atoms with Crippen molar-refractivity contribution < 1.29 is 36.0 Å². The second-order valence-electron chi connectivity index (χ2n) is 16.0.